The van der Waals surface area contributed by atoms with Crippen LogP contribution in [0.3, 0.4) is 0 Å². The molecule has 1 unspecified atom stereocenters. The predicted octanol–water partition coefficient (Wildman–Crippen LogP) is 4.12. The monoisotopic (exact) mass is 674 g/mol. The van der Waals surface area contributed by atoms with E-state index in [1.165, 1.54) is 33.3 Å². The number of nitrogens with zero attached hydrogens (tertiary/aromatic N) is 4. The van der Waals surface area contributed by atoms with Crippen molar-refractivity contribution >= 4 is 26.0 Å². The molecule has 1 aromatic carbocycles. The first-order valence-corrected chi connectivity index (χ1v) is 20.2. The van der Waals surface area contributed by atoms with Crippen LogP contribution in [-0.4, -0.2) is 112 Å². The molecular weight excluding hydrogens is 623 g/mol. The number of hydrogen-bond donors (Lipinski definition) is 0. The number of halogens is 2. The lowest BCUT2D eigenvalue weighted by molar-refractivity contribution is -0.136. The van der Waals surface area contributed by atoms with Crippen molar-refractivity contribution in [2.45, 2.75) is 77.2 Å². The van der Waals surface area contributed by atoms with E-state index in [2.05, 4.69) is 23.6 Å². The summed E-state index contributed by atoms with van der Waals surface area (Å²) in [6.07, 6.45) is 8.06. The molecule has 9 nitrogen and oxygen atoms in total. The fraction of sp³-hybridized carbons (Fsp3) is 0.781. The van der Waals surface area contributed by atoms with E-state index in [-0.39, 0.29) is 29.7 Å². The summed E-state index contributed by atoms with van der Waals surface area (Å²) in [5.41, 5.74) is 0.635. The highest BCUT2D eigenvalue weighted by Gasteiger charge is 2.34. The number of piperidine rings is 3. The van der Waals surface area contributed by atoms with Gasteiger partial charge in [-0.15, -0.1) is 0 Å². The molecule has 1 aromatic rings. The average Bonchev–Trinajstić information content (AvgIpc) is 2.95. The van der Waals surface area contributed by atoms with Crippen LogP contribution in [0.25, 0.3) is 0 Å². The Morgan fingerprint density at radius 2 is 1.33 bits per heavy atom. The summed E-state index contributed by atoms with van der Waals surface area (Å²) < 4.78 is 79.4. The van der Waals surface area contributed by atoms with Crippen molar-refractivity contribution in [3.63, 3.8) is 0 Å². The smallest absolute Gasteiger partial charge is 0.223 e. The fourth-order valence-corrected chi connectivity index (χ4v) is 9.26. The quantitative estimate of drug-likeness (QED) is 0.331. The number of hydrogen-bond acceptors (Lipinski definition) is 6. The second-order valence-corrected chi connectivity index (χ2v) is 17.9. The van der Waals surface area contributed by atoms with E-state index in [0.717, 1.165) is 45.0 Å². The Morgan fingerprint density at radius 3 is 1.82 bits per heavy atom. The fourth-order valence-electron chi connectivity index (χ4n) is 7.51. The minimum absolute atomic E-state index is 0.0808. The number of rotatable bonds is 12. The number of carbonyl (C=O) groups excluding carboxylic acids is 1. The van der Waals surface area contributed by atoms with E-state index in [1.807, 2.05) is 0 Å². The lowest BCUT2D eigenvalue weighted by Crippen LogP contribution is -2.49. The summed E-state index contributed by atoms with van der Waals surface area (Å²) in [4.78, 5) is 18.0. The van der Waals surface area contributed by atoms with E-state index < -0.39 is 31.7 Å². The van der Waals surface area contributed by atoms with Gasteiger partial charge in [0.15, 0.2) is 0 Å². The molecule has 0 bridgehead atoms. The van der Waals surface area contributed by atoms with Crippen molar-refractivity contribution < 1.29 is 30.4 Å². The maximum atomic E-state index is 14.3. The number of carbonyl (C=O) groups is 1. The van der Waals surface area contributed by atoms with Gasteiger partial charge in [0.05, 0.1) is 12.5 Å². The minimum Gasteiger partial charge on any atom is -0.339 e. The van der Waals surface area contributed by atoms with Crippen molar-refractivity contribution in [1.29, 1.82) is 0 Å². The molecule has 3 saturated heterocycles. The van der Waals surface area contributed by atoms with Crippen LogP contribution in [0.5, 0.6) is 0 Å². The molecule has 1 amide bonds. The maximum Gasteiger partial charge on any atom is 0.223 e. The standard InChI is InChI=1S/C32H52F2N4O5S2/c1-24(2)23-38(32(39)19-25-5-15-36(16-6-25)44(3,40)41)30-9-12-35(13-10-30)14-11-31(27-20-28(33)22-29(34)21-27)26-7-17-37(18-8-26)45(4,42)43/h20-22,24-26,30-31H,5-19,23H2,1-4H3. The van der Waals surface area contributed by atoms with E-state index in [1.54, 1.807) is 0 Å². The Morgan fingerprint density at radius 1 is 0.822 bits per heavy atom. The maximum absolute atomic E-state index is 14.3. The van der Waals surface area contributed by atoms with Gasteiger partial charge in [0, 0.05) is 64.3 Å². The highest BCUT2D eigenvalue weighted by Crippen LogP contribution is 2.37. The molecule has 3 aliphatic rings. The lowest BCUT2D eigenvalue weighted by Gasteiger charge is -2.41. The van der Waals surface area contributed by atoms with Crippen LogP contribution in [0.2, 0.25) is 0 Å². The number of benzene rings is 1. The highest BCUT2D eigenvalue weighted by atomic mass is 32.2. The second kappa shape index (κ2) is 15.5. The number of amides is 1. The summed E-state index contributed by atoms with van der Waals surface area (Å²) in [6.45, 7) is 9.14. The van der Waals surface area contributed by atoms with Gasteiger partial charge in [-0.25, -0.2) is 34.2 Å². The van der Waals surface area contributed by atoms with Crippen molar-refractivity contribution in [3.8, 4) is 0 Å². The Hall–Kier alpha value is -1.67. The van der Waals surface area contributed by atoms with Crippen LogP contribution in [0.4, 0.5) is 8.78 Å². The second-order valence-electron chi connectivity index (χ2n) is 13.9. The Labute approximate surface area is 269 Å². The summed E-state index contributed by atoms with van der Waals surface area (Å²) in [5.74, 6) is -0.457. The molecule has 4 rings (SSSR count). The van der Waals surface area contributed by atoms with Gasteiger partial charge in [-0.05, 0) is 92.9 Å². The molecule has 256 valence electrons. The van der Waals surface area contributed by atoms with E-state index in [0.29, 0.717) is 76.3 Å². The van der Waals surface area contributed by atoms with Gasteiger partial charge in [0.1, 0.15) is 11.6 Å². The summed E-state index contributed by atoms with van der Waals surface area (Å²) in [6, 6.07) is 3.88. The van der Waals surface area contributed by atoms with Crippen LogP contribution in [0.15, 0.2) is 18.2 Å². The number of sulfonamides is 2. The largest absolute Gasteiger partial charge is 0.339 e. The Kier molecular flexibility index (Phi) is 12.4. The summed E-state index contributed by atoms with van der Waals surface area (Å²) in [5, 5.41) is 0. The van der Waals surface area contributed by atoms with Crippen molar-refractivity contribution in [3.05, 3.63) is 35.4 Å². The Bertz CT molecular complexity index is 1330. The molecular formula is C32H52F2N4O5S2. The van der Waals surface area contributed by atoms with Gasteiger partial charge in [0.2, 0.25) is 26.0 Å². The molecule has 0 aliphatic carbocycles. The van der Waals surface area contributed by atoms with Gasteiger partial charge >= 0.3 is 0 Å². The van der Waals surface area contributed by atoms with Crippen molar-refractivity contribution in [2.75, 3.05) is 64.9 Å². The molecule has 3 heterocycles. The molecule has 3 aliphatic heterocycles. The molecule has 0 aromatic heterocycles. The van der Waals surface area contributed by atoms with Gasteiger partial charge in [-0.3, -0.25) is 4.79 Å². The normalized spacial score (nSPS) is 21.8. The summed E-state index contributed by atoms with van der Waals surface area (Å²) in [7, 11) is -6.47. The molecule has 13 heteroatoms. The lowest BCUT2D eigenvalue weighted by atomic mass is 9.78. The van der Waals surface area contributed by atoms with E-state index >= 15 is 0 Å². The molecule has 0 spiro atoms. The third-order valence-electron chi connectivity index (χ3n) is 9.99. The predicted molar refractivity (Wildman–Crippen MR) is 173 cm³/mol. The molecule has 3 fully saturated rings. The third-order valence-corrected chi connectivity index (χ3v) is 12.6. The van der Waals surface area contributed by atoms with Gasteiger partial charge < -0.3 is 9.80 Å². The van der Waals surface area contributed by atoms with Crippen molar-refractivity contribution in [1.82, 2.24) is 18.4 Å². The van der Waals surface area contributed by atoms with Crippen LogP contribution in [-0.2, 0) is 24.8 Å². The van der Waals surface area contributed by atoms with Gasteiger partial charge in [-0.1, -0.05) is 13.8 Å². The van der Waals surface area contributed by atoms with Crippen LogP contribution in [0, 0.1) is 29.4 Å². The van der Waals surface area contributed by atoms with Crippen LogP contribution >= 0.6 is 0 Å². The van der Waals surface area contributed by atoms with Crippen LogP contribution < -0.4 is 0 Å². The SMILES string of the molecule is CC(C)CN(C(=O)CC1CCN(S(C)(=O)=O)CC1)C1CCN(CCC(c2cc(F)cc(F)c2)C2CCN(S(C)(=O)=O)CC2)CC1. The first-order chi connectivity index (χ1) is 21.1. The average molecular weight is 675 g/mol. The highest BCUT2D eigenvalue weighted by molar-refractivity contribution is 7.88. The molecule has 0 N–H and O–H groups in total. The van der Waals surface area contributed by atoms with Gasteiger partial charge in [0.25, 0.3) is 0 Å². The molecule has 1 atom stereocenters. The van der Waals surface area contributed by atoms with Crippen molar-refractivity contribution in [2.24, 2.45) is 17.8 Å². The zero-order valence-electron chi connectivity index (χ0n) is 27.3. The molecule has 45 heavy (non-hydrogen) atoms. The zero-order valence-corrected chi connectivity index (χ0v) is 29.0. The van der Waals surface area contributed by atoms with Gasteiger partial charge in [-0.2, -0.15) is 0 Å². The minimum atomic E-state index is -3.27. The van der Waals surface area contributed by atoms with Crippen LogP contribution in [0.1, 0.15) is 76.7 Å². The first-order valence-electron chi connectivity index (χ1n) is 16.5. The topological polar surface area (TPSA) is 98.3 Å². The number of likely N-dealkylation sites (tertiary alicyclic amines) is 1. The van der Waals surface area contributed by atoms with E-state index in [9.17, 15) is 30.4 Å². The summed E-state index contributed by atoms with van der Waals surface area (Å²) >= 11 is 0. The third kappa shape index (κ3) is 10.4. The Balaban J connectivity index is 1.34. The first kappa shape index (κ1) is 36.2. The van der Waals surface area contributed by atoms with E-state index in [4.69, 9.17) is 0 Å². The zero-order chi connectivity index (χ0) is 32.9. The molecule has 0 radical (unpaired) electrons. The molecule has 0 saturated carbocycles.